The Bertz CT molecular complexity index is 817. The Kier molecular flexibility index (Phi) is 9.58. The molecular formula is C21H15BiS6. The van der Waals surface area contributed by atoms with Crippen LogP contribution < -0.4 is 0 Å². The van der Waals surface area contributed by atoms with E-state index in [0.29, 0.717) is 0 Å². The van der Waals surface area contributed by atoms with E-state index in [1.54, 1.807) is 0 Å². The van der Waals surface area contributed by atoms with E-state index in [4.69, 9.17) is 36.7 Å². The van der Waals surface area contributed by atoms with Gasteiger partial charge in [0, 0.05) is 0 Å². The Morgan fingerprint density at radius 2 is 0.714 bits per heavy atom. The average Bonchev–Trinajstić information content (AvgIpc) is 2.75. The van der Waals surface area contributed by atoms with Crippen LogP contribution in [0.15, 0.2) is 91.0 Å². The van der Waals surface area contributed by atoms with E-state index >= 15 is 0 Å². The molecule has 0 nitrogen and oxygen atoms in total. The predicted molar refractivity (Wildman–Crippen MR) is 143 cm³/mol. The van der Waals surface area contributed by atoms with Gasteiger partial charge in [0.15, 0.2) is 0 Å². The molecule has 3 rings (SSSR count). The van der Waals surface area contributed by atoms with E-state index in [9.17, 15) is 0 Å². The van der Waals surface area contributed by atoms with Crippen LogP contribution in [0.2, 0.25) is 0 Å². The first kappa shape index (κ1) is 22.5. The number of hydrogen-bond donors (Lipinski definition) is 0. The van der Waals surface area contributed by atoms with Gasteiger partial charge in [0.2, 0.25) is 0 Å². The van der Waals surface area contributed by atoms with Crippen LogP contribution in [0.4, 0.5) is 0 Å². The maximum absolute atomic E-state index is 5.74. The second kappa shape index (κ2) is 11.9. The van der Waals surface area contributed by atoms with Gasteiger partial charge < -0.3 is 0 Å². The van der Waals surface area contributed by atoms with Gasteiger partial charge in [0.25, 0.3) is 0 Å². The third kappa shape index (κ3) is 6.98. The zero-order valence-electron chi connectivity index (χ0n) is 14.6. The van der Waals surface area contributed by atoms with Crippen LogP contribution in [0.1, 0.15) is 16.7 Å². The van der Waals surface area contributed by atoms with Crippen molar-refractivity contribution in [1.29, 1.82) is 0 Å². The van der Waals surface area contributed by atoms with E-state index < -0.39 is 17.4 Å². The average molecular weight is 669 g/mol. The van der Waals surface area contributed by atoms with Crippen LogP contribution in [0.25, 0.3) is 0 Å². The Labute approximate surface area is 197 Å². The minimum absolute atomic E-state index is 0.935. The second-order valence-corrected chi connectivity index (χ2v) is 33.1. The predicted octanol–water partition coefficient (Wildman–Crippen LogP) is 7.30. The first-order chi connectivity index (χ1) is 13.6. The molecule has 0 unspecified atom stereocenters. The normalized spacial score (nSPS) is 10.6. The third-order valence-electron chi connectivity index (χ3n) is 3.50. The number of thiocarbonyl (C=S) groups is 3. The van der Waals surface area contributed by atoms with E-state index in [0.717, 1.165) is 29.3 Å². The van der Waals surface area contributed by atoms with Crippen LogP contribution in [0, 0.1) is 0 Å². The zero-order valence-corrected chi connectivity index (χ0v) is 22.9. The first-order valence-corrected chi connectivity index (χ1v) is 24.6. The molecule has 0 spiro atoms. The summed E-state index contributed by atoms with van der Waals surface area (Å²) in [5.74, 6) is 0. The van der Waals surface area contributed by atoms with Crippen molar-refractivity contribution in [3.8, 4) is 0 Å². The van der Waals surface area contributed by atoms with Crippen LogP contribution in [0.5, 0.6) is 0 Å². The van der Waals surface area contributed by atoms with Crippen LogP contribution >= 0.6 is 62.2 Å². The molecule has 0 aliphatic carbocycles. The Morgan fingerprint density at radius 3 is 0.964 bits per heavy atom. The zero-order chi connectivity index (χ0) is 19.8. The summed E-state index contributed by atoms with van der Waals surface area (Å²) in [5, 5.41) is 0. The van der Waals surface area contributed by atoms with Crippen molar-refractivity contribution in [2.24, 2.45) is 0 Å². The van der Waals surface area contributed by atoms with Gasteiger partial charge in [-0.25, -0.2) is 0 Å². The van der Waals surface area contributed by atoms with E-state index in [1.165, 1.54) is 0 Å². The number of hydrogen-bond acceptors (Lipinski definition) is 6. The van der Waals surface area contributed by atoms with Crippen molar-refractivity contribution >= 4 is 92.2 Å². The second-order valence-electron chi connectivity index (χ2n) is 5.46. The molecule has 28 heavy (non-hydrogen) atoms. The number of benzene rings is 3. The number of rotatable bonds is 6. The molecule has 7 heteroatoms. The molecule has 0 aliphatic heterocycles. The SMILES string of the molecule is S=C([S][Bi]([S]C(=S)c1ccccc1)[S]C(=S)c1ccccc1)c1ccccc1. The van der Waals surface area contributed by atoms with Gasteiger partial charge in [-0.05, 0) is 0 Å². The summed E-state index contributed by atoms with van der Waals surface area (Å²) in [7, 11) is 5.49. The van der Waals surface area contributed by atoms with E-state index in [2.05, 4.69) is 36.4 Å². The quantitative estimate of drug-likeness (QED) is 0.199. The van der Waals surface area contributed by atoms with Gasteiger partial charge in [0.05, 0.1) is 0 Å². The molecule has 0 radical (unpaired) electrons. The summed E-state index contributed by atoms with van der Waals surface area (Å²) in [6.45, 7) is 0. The maximum atomic E-state index is 5.74. The topological polar surface area (TPSA) is 0 Å². The van der Waals surface area contributed by atoms with Gasteiger partial charge in [-0.3, -0.25) is 0 Å². The molecule has 140 valence electrons. The Balaban J connectivity index is 1.76. The molecule has 0 amide bonds. The molecule has 3 aromatic carbocycles. The summed E-state index contributed by atoms with van der Waals surface area (Å²) in [5.41, 5.74) is 3.29. The molecule has 0 bridgehead atoms. The minimum atomic E-state index is -2.35. The van der Waals surface area contributed by atoms with Gasteiger partial charge in [0.1, 0.15) is 0 Å². The Hall–Kier alpha value is -0.137. The molecule has 0 aliphatic rings. The van der Waals surface area contributed by atoms with Gasteiger partial charge in [-0.2, -0.15) is 0 Å². The standard InChI is InChI=1S/3C7H6S2.Bi/c3*8-7(9)6-4-2-1-3-5-6;/h3*1-5H,(H,8,9);/q;;;+3/p-3. The van der Waals surface area contributed by atoms with Crippen molar-refractivity contribution in [3.05, 3.63) is 108 Å². The van der Waals surface area contributed by atoms with Gasteiger partial charge >= 0.3 is 200 Å². The van der Waals surface area contributed by atoms with E-state index in [-0.39, 0.29) is 0 Å². The van der Waals surface area contributed by atoms with Crippen LogP contribution in [0.3, 0.4) is 0 Å². The summed E-state index contributed by atoms with van der Waals surface area (Å²) >= 11 is 14.9. The molecule has 0 fully saturated rings. The first-order valence-electron chi connectivity index (χ1n) is 8.25. The molecule has 0 atom stereocenters. The molecule has 0 N–H and O–H groups in total. The van der Waals surface area contributed by atoms with Crippen LogP contribution in [-0.4, -0.2) is 29.9 Å². The van der Waals surface area contributed by atoms with Crippen LogP contribution in [-0.2, 0) is 0 Å². The molecule has 0 heterocycles. The Morgan fingerprint density at radius 1 is 0.464 bits per heavy atom. The van der Waals surface area contributed by atoms with Crippen molar-refractivity contribution < 1.29 is 0 Å². The van der Waals surface area contributed by atoms with Crippen molar-refractivity contribution in [2.45, 2.75) is 0 Å². The van der Waals surface area contributed by atoms with E-state index in [1.807, 2.05) is 80.2 Å². The fourth-order valence-electron chi connectivity index (χ4n) is 2.14. The fourth-order valence-corrected chi connectivity index (χ4v) is 41.6. The molecule has 0 saturated heterocycles. The summed E-state index contributed by atoms with van der Waals surface area (Å²) in [6.07, 6.45) is 0. The van der Waals surface area contributed by atoms with Crippen molar-refractivity contribution in [1.82, 2.24) is 0 Å². The molecule has 3 aromatic rings. The molecular weight excluding hydrogens is 654 g/mol. The van der Waals surface area contributed by atoms with Crippen molar-refractivity contribution in [2.75, 3.05) is 0 Å². The summed E-state index contributed by atoms with van der Waals surface area (Å²) in [4.78, 5) is 0. The van der Waals surface area contributed by atoms with Gasteiger partial charge in [-0.1, -0.05) is 0 Å². The van der Waals surface area contributed by atoms with Crippen molar-refractivity contribution in [3.63, 3.8) is 0 Å². The summed E-state index contributed by atoms with van der Waals surface area (Å²) in [6, 6.07) is 30.6. The fraction of sp³-hybridized carbons (Fsp3) is 0. The molecule has 0 saturated carbocycles. The monoisotopic (exact) mass is 668 g/mol. The third-order valence-corrected chi connectivity index (χ3v) is 34.5. The molecule has 0 aromatic heterocycles. The summed E-state index contributed by atoms with van der Waals surface area (Å²) < 4.78 is 2.81. The van der Waals surface area contributed by atoms with Gasteiger partial charge in [-0.15, -0.1) is 0 Å².